The summed E-state index contributed by atoms with van der Waals surface area (Å²) in [4.78, 5) is 0.154. The topological polar surface area (TPSA) is 93.5 Å². The Labute approximate surface area is 119 Å². The van der Waals surface area contributed by atoms with E-state index in [1.54, 1.807) is 0 Å². The molecule has 0 radical (unpaired) electrons. The molecule has 0 spiro atoms. The smallest absolute Gasteiger partial charge is 0.243 e. The van der Waals surface area contributed by atoms with Crippen LogP contribution in [0.1, 0.15) is 19.8 Å². The highest BCUT2D eigenvalue weighted by molar-refractivity contribution is 7.89. The van der Waals surface area contributed by atoms with Crippen LogP contribution in [0.4, 0.5) is 0 Å². The number of aliphatic hydroxyl groups excluding tert-OH is 1. The first kappa shape index (κ1) is 15.4. The van der Waals surface area contributed by atoms with Crippen LogP contribution in [0.5, 0.6) is 0 Å². The SMILES string of the molecule is CC(NS(=O)(=O)c1cnn(CCCO)c1)C1CCOC1. The lowest BCUT2D eigenvalue weighted by atomic mass is 10.0. The molecule has 1 aliphatic rings. The molecule has 0 saturated carbocycles. The van der Waals surface area contributed by atoms with E-state index in [0.29, 0.717) is 26.2 Å². The first-order valence-electron chi connectivity index (χ1n) is 6.76. The molecule has 0 bridgehead atoms. The molecule has 1 aliphatic heterocycles. The van der Waals surface area contributed by atoms with Gasteiger partial charge in [-0.3, -0.25) is 4.68 Å². The number of aryl methyl sites for hydroxylation is 1. The summed E-state index contributed by atoms with van der Waals surface area (Å²) in [6.07, 6.45) is 4.23. The molecule has 0 aromatic carbocycles. The summed E-state index contributed by atoms with van der Waals surface area (Å²) in [6.45, 7) is 3.69. The van der Waals surface area contributed by atoms with Crippen LogP contribution < -0.4 is 4.72 Å². The maximum absolute atomic E-state index is 12.2. The first-order chi connectivity index (χ1) is 9.53. The summed E-state index contributed by atoms with van der Waals surface area (Å²) in [7, 11) is -3.55. The highest BCUT2D eigenvalue weighted by Gasteiger charge is 2.27. The Balaban J connectivity index is 2.00. The molecule has 1 fully saturated rings. The fourth-order valence-corrected chi connectivity index (χ4v) is 3.46. The molecule has 20 heavy (non-hydrogen) atoms. The van der Waals surface area contributed by atoms with Gasteiger partial charge in [-0.2, -0.15) is 5.10 Å². The summed E-state index contributed by atoms with van der Waals surface area (Å²) < 4.78 is 33.9. The molecule has 0 amide bonds. The molecule has 1 aromatic heterocycles. The van der Waals surface area contributed by atoms with Crippen molar-refractivity contribution in [3.63, 3.8) is 0 Å². The first-order valence-corrected chi connectivity index (χ1v) is 8.24. The van der Waals surface area contributed by atoms with Crippen LogP contribution in [0.3, 0.4) is 0 Å². The molecule has 2 unspecified atom stereocenters. The molecule has 8 heteroatoms. The molecular weight excluding hydrogens is 282 g/mol. The number of rotatable bonds is 7. The van der Waals surface area contributed by atoms with Gasteiger partial charge in [0, 0.05) is 37.9 Å². The minimum absolute atomic E-state index is 0.0545. The van der Waals surface area contributed by atoms with E-state index < -0.39 is 10.0 Å². The van der Waals surface area contributed by atoms with E-state index in [-0.39, 0.29) is 23.5 Å². The monoisotopic (exact) mass is 303 g/mol. The van der Waals surface area contributed by atoms with E-state index in [9.17, 15) is 8.42 Å². The Morgan fingerprint density at radius 2 is 2.45 bits per heavy atom. The van der Waals surface area contributed by atoms with E-state index in [1.807, 2.05) is 6.92 Å². The van der Waals surface area contributed by atoms with Crippen molar-refractivity contribution in [2.75, 3.05) is 19.8 Å². The van der Waals surface area contributed by atoms with Crippen LogP contribution in [0.25, 0.3) is 0 Å². The average Bonchev–Trinajstić information content (AvgIpc) is 3.07. The second-order valence-corrected chi connectivity index (χ2v) is 6.76. The van der Waals surface area contributed by atoms with Gasteiger partial charge in [-0.15, -0.1) is 0 Å². The van der Waals surface area contributed by atoms with Crippen LogP contribution >= 0.6 is 0 Å². The zero-order valence-corrected chi connectivity index (χ0v) is 12.3. The summed E-state index contributed by atoms with van der Waals surface area (Å²) in [5.74, 6) is 0.217. The number of hydrogen-bond acceptors (Lipinski definition) is 5. The molecule has 2 heterocycles. The van der Waals surface area contributed by atoms with Crippen molar-refractivity contribution in [3.05, 3.63) is 12.4 Å². The van der Waals surface area contributed by atoms with Crippen LogP contribution in [0, 0.1) is 5.92 Å². The number of ether oxygens (including phenoxy) is 1. The van der Waals surface area contributed by atoms with Crippen LogP contribution in [0.15, 0.2) is 17.3 Å². The predicted molar refractivity (Wildman–Crippen MR) is 72.6 cm³/mol. The maximum atomic E-state index is 12.2. The van der Waals surface area contributed by atoms with Gasteiger partial charge in [0.25, 0.3) is 0 Å². The van der Waals surface area contributed by atoms with Gasteiger partial charge in [0.15, 0.2) is 0 Å². The van der Waals surface area contributed by atoms with E-state index in [0.717, 1.165) is 6.42 Å². The summed E-state index contributed by atoms with van der Waals surface area (Å²) in [5, 5.41) is 12.7. The number of sulfonamides is 1. The number of nitrogens with zero attached hydrogens (tertiary/aromatic N) is 2. The minimum Gasteiger partial charge on any atom is -0.396 e. The zero-order chi connectivity index (χ0) is 14.6. The molecule has 114 valence electrons. The summed E-state index contributed by atoms with van der Waals surface area (Å²) in [5.41, 5.74) is 0. The van der Waals surface area contributed by atoms with Crippen LogP contribution in [-0.2, 0) is 21.3 Å². The Hall–Kier alpha value is -0.960. The second kappa shape index (κ2) is 6.66. The quantitative estimate of drug-likeness (QED) is 0.738. The standard InChI is InChI=1S/C12H21N3O4S/c1-10(11-3-6-19-9-11)14-20(17,18)12-7-13-15(8-12)4-2-5-16/h7-8,10-11,14,16H,2-6,9H2,1H3. The van der Waals surface area contributed by atoms with Gasteiger partial charge in [-0.25, -0.2) is 13.1 Å². The van der Waals surface area contributed by atoms with Gasteiger partial charge in [0.05, 0.1) is 12.8 Å². The molecule has 0 aliphatic carbocycles. The number of nitrogens with one attached hydrogen (secondary N) is 1. The minimum atomic E-state index is -3.55. The number of hydrogen-bond donors (Lipinski definition) is 2. The van der Waals surface area contributed by atoms with E-state index in [2.05, 4.69) is 9.82 Å². The van der Waals surface area contributed by atoms with E-state index >= 15 is 0 Å². The zero-order valence-electron chi connectivity index (χ0n) is 11.5. The Bertz CT molecular complexity index is 523. The maximum Gasteiger partial charge on any atom is 0.243 e. The Morgan fingerprint density at radius 1 is 1.65 bits per heavy atom. The normalized spacial score (nSPS) is 21.2. The predicted octanol–water partition coefficient (Wildman–Crippen LogP) is -0.0312. The van der Waals surface area contributed by atoms with Crippen molar-refractivity contribution in [3.8, 4) is 0 Å². The third kappa shape index (κ3) is 3.78. The molecule has 1 aromatic rings. The van der Waals surface area contributed by atoms with E-state index in [4.69, 9.17) is 9.84 Å². The molecule has 2 rings (SSSR count). The van der Waals surface area contributed by atoms with Crippen molar-refractivity contribution in [2.45, 2.75) is 37.2 Å². The molecule has 2 N–H and O–H groups in total. The number of aliphatic hydroxyl groups is 1. The van der Waals surface area contributed by atoms with Crippen molar-refractivity contribution in [2.24, 2.45) is 5.92 Å². The Morgan fingerprint density at radius 3 is 3.10 bits per heavy atom. The van der Waals surface area contributed by atoms with Gasteiger partial charge in [0.2, 0.25) is 10.0 Å². The van der Waals surface area contributed by atoms with Gasteiger partial charge < -0.3 is 9.84 Å². The van der Waals surface area contributed by atoms with Crippen molar-refractivity contribution in [1.29, 1.82) is 0 Å². The van der Waals surface area contributed by atoms with Gasteiger partial charge in [0.1, 0.15) is 4.90 Å². The molecule has 1 saturated heterocycles. The van der Waals surface area contributed by atoms with Crippen molar-refractivity contribution in [1.82, 2.24) is 14.5 Å². The van der Waals surface area contributed by atoms with Crippen LogP contribution in [0.2, 0.25) is 0 Å². The summed E-state index contributed by atoms with van der Waals surface area (Å²) >= 11 is 0. The van der Waals surface area contributed by atoms with Crippen molar-refractivity contribution < 1.29 is 18.3 Å². The van der Waals surface area contributed by atoms with E-state index in [1.165, 1.54) is 17.1 Å². The lowest BCUT2D eigenvalue weighted by molar-refractivity contribution is 0.180. The molecular formula is C12H21N3O4S. The average molecular weight is 303 g/mol. The molecule has 7 nitrogen and oxygen atoms in total. The van der Waals surface area contributed by atoms with Crippen LogP contribution in [-0.4, -0.2) is 49.2 Å². The number of aromatic nitrogens is 2. The summed E-state index contributed by atoms with van der Waals surface area (Å²) in [6, 6.07) is -0.164. The largest absolute Gasteiger partial charge is 0.396 e. The lowest BCUT2D eigenvalue weighted by Crippen LogP contribution is -2.38. The van der Waals surface area contributed by atoms with Gasteiger partial charge in [-0.1, -0.05) is 0 Å². The lowest BCUT2D eigenvalue weighted by Gasteiger charge is -2.18. The van der Waals surface area contributed by atoms with Crippen molar-refractivity contribution >= 4 is 10.0 Å². The second-order valence-electron chi connectivity index (χ2n) is 5.05. The van der Waals surface area contributed by atoms with Gasteiger partial charge in [-0.05, 0) is 19.8 Å². The highest BCUT2D eigenvalue weighted by atomic mass is 32.2. The fourth-order valence-electron chi connectivity index (χ4n) is 2.19. The van der Waals surface area contributed by atoms with Gasteiger partial charge >= 0.3 is 0 Å². The molecule has 2 atom stereocenters. The Kier molecular flexibility index (Phi) is 5.14. The third-order valence-electron chi connectivity index (χ3n) is 3.48. The fraction of sp³-hybridized carbons (Fsp3) is 0.750. The highest BCUT2D eigenvalue weighted by Crippen LogP contribution is 2.18. The third-order valence-corrected chi connectivity index (χ3v) is 4.99.